The maximum Gasteiger partial charge on any atom is 0.418 e. The molecule has 0 aliphatic carbocycles. The zero-order chi connectivity index (χ0) is 9.35. The number of hydrogen-bond acceptors (Lipinski definition) is 0. The highest BCUT2D eigenvalue weighted by Gasteiger charge is 2.39. The van der Waals surface area contributed by atoms with Crippen molar-refractivity contribution in [2.24, 2.45) is 0 Å². The van der Waals surface area contributed by atoms with Gasteiger partial charge in [-0.3, -0.25) is 0 Å². The second-order valence-electron chi connectivity index (χ2n) is 1.98. The molecule has 1 nitrogen and oxygen atoms in total. The summed E-state index contributed by atoms with van der Waals surface area (Å²) in [6.07, 6.45) is -5.85. The van der Waals surface area contributed by atoms with Crippen molar-refractivity contribution in [3.63, 3.8) is 0 Å². The summed E-state index contributed by atoms with van der Waals surface area (Å²) in [5.74, 6) is 0. The van der Waals surface area contributed by atoms with Gasteiger partial charge in [0.15, 0.2) is 0 Å². The smallest absolute Gasteiger partial charge is 0.245 e. The van der Waals surface area contributed by atoms with Crippen LogP contribution in [0.2, 0.25) is 0 Å². The van der Waals surface area contributed by atoms with Crippen LogP contribution in [-0.2, 0) is 0 Å². The molecule has 12 heavy (non-hydrogen) atoms. The lowest BCUT2D eigenvalue weighted by Crippen LogP contribution is -2.16. The van der Waals surface area contributed by atoms with Crippen molar-refractivity contribution in [1.82, 2.24) is 5.32 Å². The summed E-state index contributed by atoms with van der Waals surface area (Å²) in [4.78, 5) is 0. The Balaban J connectivity index is 2.98. The molecular weight excluding hydrogens is 181 g/mol. The lowest BCUT2D eigenvalue weighted by molar-refractivity contribution is -0.0900. The van der Waals surface area contributed by atoms with Gasteiger partial charge in [-0.25, -0.2) is 14.1 Å². The molecule has 0 aromatic rings. The summed E-state index contributed by atoms with van der Waals surface area (Å²) in [5.41, 5.74) is -2.68. The van der Waals surface area contributed by atoms with Gasteiger partial charge < -0.3 is 0 Å². The molecule has 0 saturated carbocycles. The normalized spacial score (nSPS) is 17.5. The van der Waals surface area contributed by atoms with E-state index in [1.54, 1.807) is 6.20 Å². The van der Waals surface area contributed by atoms with Crippen LogP contribution < -0.4 is 5.32 Å². The first-order chi connectivity index (χ1) is 5.43. The van der Waals surface area contributed by atoms with Gasteiger partial charge in [0.05, 0.1) is 11.8 Å². The minimum absolute atomic E-state index is 0.404. The fraction of sp³-hybridized carbons (Fsp3) is 0.333. The minimum atomic E-state index is -4.78. The van der Waals surface area contributed by atoms with Crippen molar-refractivity contribution in [3.05, 3.63) is 23.5 Å². The van der Waals surface area contributed by atoms with E-state index in [9.17, 15) is 22.0 Å². The lowest BCUT2D eigenvalue weighted by atomic mass is 10.2. The predicted molar refractivity (Wildman–Crippen MR) is 29.0 cm³/mol. The Bertz CT molecular complexity index is 237. The molecule has 2 radical (unpaired) electrons. The van der Waals surface area contributed by atoms with Gasteiger partial charge in [0.2, 0.25) is 0 Å². The Labute approximate surface area is 64.6 Å². The van der Waals surface area contributed by atoms with Crippen molar-refractivity contribution in [2.45, 2.75) is 12.6 Å². The molecule has 1 heterocycles. The zero-order valence-electron chi connectivity index (χ0n) is 5.49. The maximum absolute atomic E-state index is 11.8. The van der Waals surface area contributed by atoms with Gasteiger partial charge in [-0.1, -0.05) is 0 Å². The summed E-state index contributed by atoms with van der Waals surface area (Å²) >= 11 is 0. The van der Waals surface area contributed by atoms with E-state index >= 15 is 0 Å². The van der Waals surface area contributed by atoms with E-state index in [-0.39, 0.29) is 0 Å². The molecule has 0 amide bonds. The van der Waals surface area contributed by atoms with Gasteiger partial charge in [0.1, 0.15) is 5.70 Å². The van der Waals surface area contributed by atoms with E-state index < -0.39 is 23.9 Å². The van der Waals surface area contributed by atoms with E-state index in [0.717, 1.165) is 0 Å². The molecule has 0 spiro atoms. The first-order valence-corrected chi connectivity index (χ1v) is 2.82. The molecule has 1 aliphatic rings. The van der Waals surface area contributed by atoms with Crippen molar-refractivity contribution in [1.29, 1.82) is 0 Å². The molecule has 66 valence electrons. The molecule has 0 atom stereocenters. The topological polar surface area (TPSA) is 14.1 Å². The summed E-state index contributed by atoms with van der Waals surface area (Å²) in [7, 11) is 0. The summed E-state index contributed by atoms with van der Waals surface area (Å²) in [6.45, 7) is 0. The lowest BCUT2D eigenvalue weighted by Gasteiger charge is -2.07. The molecule has 0 aromatic carbocycles. The fourth-order valence-electron chi connectivity index (χ4n) is 0.694. The molecule has 1 rings (SSSR count). The number of hydrogen-bond donors (Lipinski definition) is 0. The molecule has 1 aliphatic heterocycles. The largest absolute Gasteiger partial charge is 0.418 e. The minimum Gasteiger partial charge on any atom is -0.245 e. The maximum atomic E-state index is 11.8. The number of rotatable bonds is 1. The van der Waals surface area contributed by atoms with Crippen LogP contribution in [0.25, 0.3) is 0 Å². The second-order valence-corrected chi connectivity index (χ2v) is 1.98. The van der Waals surface area contributed by atoms with E-state index in [1.165, 1.54) is 0 Å². The average molecular weight is 183 g/mol. The van der Waals surface area contributed by atoms with E-state index in [2.05, 4.69) is 5.32 Å². The van der Waals surface area contributed by atoms with Crippen molar-refractivity contribution in [3.8, 4) is 0 Å². The number of alkyl halides is 5. The van der Waals surface area contributed by atoms with Crippen LogP contribution in [0.4, 0.5) is 22.0 Å². The Morgan fingerprint density at radius 1 is 1.33 bits per heavy atom. The second kappa shape index (κ2) is 2.76. The standard InChI is InChI=1S/C6H2F5N/c7-5(8)4-3(1-2-12-4)6(9,10)11/h1,5H. The Kier molecular flexibility index (Phi) is 2.08. The SMILES string of the molecule is FC(F)C1=C(C(F)(F)F)C=[C][N]1. The third kappa shape index (κ3) is 1.57. The van der Waals surface area contributed by atoms with Crippen LogP contribution in [0, 0.1) is 6.20 Å². The molecule has 0 N–H and O–H groups in total. The Hall–Kier alpha value is -1.07. The van der Waals surface area contributed by atoms with Gasteiger partial charge in [-0.15, -0.1) is 0 Å². The van der Waals surface area contributed by atoms with Gasteiger partial charge in [0, 0.05) is 0 Å². The predicted octanol–water partition coefficient (Wildman–Crippen LogP) is 2.00. The average Bonchev–Trinajstić information content (AvgIpc) is 2.30. The van der Waals surface area contributed by atoms with Crippen LogP contribution in [-0.4, -0.2) is 12.6 Å². The number of nitrogens with zero attached hydrogens (tertiary/aromatic N) is 1. The van der Waals surface area contributed by atoms with Crippen molar-refractivity contribution in [2.75, 3.05) is 0 Å². The van der Waals surface area contributed by atoms with Gasteiger partial charge >= 0.3 is 6.18 Å². The molecule has 0 aromatic heterocycles. The zero-order valence-corrected chi connectivity index (χ0v) is 5.49. The molecule has 0 fully saturated rings. The van der Waals surface area contributed by atoms with E-state index in [0.29, 0.717) is 6.08 Å². The monoisotopic (exact) mass is 183 g/mol. The molecule has 0 saturated heterocycles. The quantitative estimate of drug-likeness (QED) is 0.552. The first-order valence-electron chi connectivity index (χ1n) is 2.82. The van der Waals surface area contributed by atoms with Crippen LogP contribution >= 0.6 is 0 Å². The number of allylic oxidation sites excluding steroid dienone is 3. The first kappa shape index (κ1) is 9.02. The summed E-state index contributed by atoms with van der Waals surface area (Å²) in [5, 5.41) is 2.79. The highest BCUT2D eigenvalue weighted by Crippen LogP contribution is 2.33. The van der Waals surface area contributed by atoms with Crippen LogP contribution in [0.3, 0.4) is 0 Å². The Morgan fingerprint density at radius 3 is 2.25 bits per heavy atom. The van der Waals surface area contributed by atoms with Crippen molar-refractivity contribution < 1.29 is 22.0 Å². The molecule has 6 heteroatoms. The van der Waals surface area contributed by atoms with Crippen LogP contribution in [0.5, 0.6) is 0 Å². The number of halogens is 5. The third-order valence-electron chi connectivity index (χ3n) is 1.18. The molecule has 0 bridgehead atoms. The van der Waals surface area contributed by atoms with E-state index in [4.69, 9.17) is 0 Å². The van der Waals surface area contributed by atoms with Gasteiger partial charge in [-0.05, 0) is 6.08 Å². The molecular formula is C6H2F5N. The highest BCUT2D eigenvalue weighted by molar-refractivity contribution is 5.34. The van der Waals surface area contributed by atoms with Crippen molar-refractivity contribution >= 4 is 0 Å². The van der Waals surface area contributed by atoms with Gasteiger partial charge in [0.25, 0.3) is 6.43 Å². The van der Waals surface area contributed by atoms with Crippen LogP contribution in [0.1, 0.15) is 0 Å². The highest BCUT2D eigenvalue weighted by atomic mass is 19.4. The summed E-state index contributed by atoms with van der Waals surface area (Å²) < 4.78 is 59.2. The third-order valence-corrected chi connectivity index (χ3v) is 1.18. The fourth-order valence-corrected chi connectivity index (χ4v) is 0.694. The Morgan fingerprint density at radius 2 is 1.92 bits per heavy atom. The van der Waals surface area contributed by atoms with Gasteiger partial charge in [-0.2, -0.15) is 13.2 Å². The summed E-state index contributed by atoms with van der Waals surface area (Å²) in [6, 6.07) is 0. The molecule has 0 unspecified atom stereocenters. The van der Waals surface area contributed by atoms with Crippen LogP contribution in [0.15, 0.2) is 17.3 Å². The van der Waals surface area contributed by atoms with E-state index in [1.807, 2.05) is 0 Å².